The molecule has 0 radical (unpaired) electrons. The predicted octanol–water partition coefficient (Wildman–Crippen LogP) is 8.50. The minimum Gasteiger partial charge on any atom is -0.344 e. The summed E-state index contributed by atoms with van der Waals surface area (Å²) in [6.45, 7) is 8.54. The van der Waals surface area contributed by atoms with Gasteiger partial charge in [-0.15, -0.1) is 11.3 Å². The second-order valence-corrected chi connectivity index (χ2v) is 12.9. The quantitative estimate of drug-likeness (QED) is 0.168. The summed E-state index contributed by atoms with van der Waals surface area (Å²) in [5.74, 6) is -0.431. The number of aromatic nitrogens is 1. The molecule has 0 spiro atoms. The van der Waals surface area contributed by atoms with Crippen LogP contribution in [0.4, 0.5) is 4.39 Å². The highest BCUT2D eigenvalue weighted by Gasteiger charge is 2.20. The van der Waals surface area contributed by atoms with E-state index >= 15 is 0 Å². The van der Waals surface area contributed by atoms with Crippen molar-refractivity contribution in [2.75, 3.05) is 0 Å². The Labute approximate surface area is 258 Å². The minimum absolute atomic E-state index is 0.0881. The topological polar surface area (TPSA) is 45.2 Å². The van der Waals surface area contributed by atoms with Gasteiger partial charge in [-0.25, -0.2) is 9.37 Å². The van der Waals surface area contributed by atoms with E-state index in [1.54, 1.807) is 0 Å². The van der Waals surface area contributed by atoms with Crippen LogP contribution in [0.15, 0.2) is 115 Å². The number of thiazole rings is 1. The Hall–Kier alpha value is -4.13. The summed E-state index contributed by atoms with van der Waals surface area (Å²) in [6, 6.07) is 35.4. The molecule has 5 rings (SSSR count). The van der Waals surface area contributed by atoms with E-state index in [0.717, 1.165) is 21.7 Å². The number of benzene rings is 4. The molecular weight excluding hydrogens is 553 g/mol. The van der Waals surface area contributed by atoms with Crippen molar-refractivity contribution in [1.29, 1.82) is 0 Å². The van der Waals surface area contributed by atoms with Crippen LogP contribution in [0, 0.1) is 5.82 Å². The van der Waals surface area contributed by atoms with Crippen LogP contribution >= 0.6 is 11.3 Å². The van der Waals surface area contributed by atoms with Crippen molar-refractivity contribution in [1.82, 2.24) is 15.2 Å². The van der Waals surface area contributed by atoms with Crippen LogP contribution in [-0.4, -0.2) is 15.8 Å². The molecule has 1 N–H and O–H groups in total. The van der Waals surface area contributed by atoms with E-state index < -0.39 is 0 Å². The summed E-state index contributed by atoms with van der Waals surface area (Å²) in [4.78, 5) is 20.5. The third kappa shape index (κ3) is 8.69. The van der Waals surface area contributed by atoms with Gasteiger partial charge in [-0.2, -0.15) is 0 Å². The first kappa shape index (κ1) is 30.3. The van der Waals surface area contributed by atoms with Crippen molar-refractivity contribution in [3.63, 3.8) is 0 Å². The number of hydrogen-bond acceptors (Lipinski definition) is 4. The van der Waals surface area contributed by atoms with E-state index in [4.69, 9.17) is 4.98 Å². The maximum atomic E-state index is 13.6. The van der Waals surface area contributed by atoms with E-state index in [9.17, 15) is 9.18 Å². The van der Waals surface area contributed by atoms with E-state index in [2.05, 4.69) is 67.4 Å². The molecule has 43 heavy (non-hydrogen) atoms. The number of carbonyl (C=O) groups excluding carboxylic acids is 1. The number of nitrogens with one attached hydrogen (secondary N) is 1. The summed E-state index contributed by atoms with van der Waals surface area (Å²) in [5, 5.41) is 5.92. The fourth-order valence-corrected chi connectivity index (χ4v) is 5.90. The first-order valence-electron chi connectivity index (χ1n) is 14.6. The molecular formula is C37H38FN3OS. The molecule has 4 aromatic carbocycles. The van der Waals surface area contributed by atoms with E-state index in [0.29, 0.717) is 31.7 Å². The first-order valence-corrected chi connectivity index (χ1v) is 15.5. The summed E-state index contributed by atoms with van der Waals surface area (Å²) in [7, 11) is 0. The van der Waals surface area contributed by atoms with E-state index in [-0.39, 0.29) is 23.2 Å². The van der Waals surface area contributed by atoms with Crippen molar-refractivity contribution in [3.05, 3.63) is 159 Å². The Balaban J connectivity index is 1.31. The largest absolute Gasteiger partial charge is 0.344 e. The van der Waals surface area contributed by atoms with Crippen LogP contribution in [0.1, 0.15) is 70.1 Å². The summed E-state index contributed by atoms with van der Waals surface area (Å²) in [5.41, 5.74) is 6.22. The maximum absolute atomic E-state index is 13.6. The lowest BCUT2D eigenvalue weighted by atomic mass is 9.87. The van der Waals surface area contributed by atoms with Crippen LogP contribution < -0.4 is 5.32 Å². The van der Waals surface area contributed by atoms with Crippen LogP contribution in [0.25, 0.3) is 0 Å². The second-order valence-electron chi connectivity index (χ2n) is 12.0. The Kier molecular flexibility index (Phi) is 9.80. The Bertz CT molecular complexity index is 1590. The highest BCUT2D eigenvalue weighted by Crippen LogP contribution is 2.24. The molecule has 0 saturated carbocycles. The molecule has 220 valence electrons. The van der Waals surface area contributed by atoms with Crippen molar-refractivity contribution in [3.8, 4) is 0 Å². The number of hydrogen-bond donors (Lipinski definition) is 1. The van der Waals surface area contributed by atoms with E-state index in [1.807, 2.05) is 66.0 Å². The van der Waals surface area contributed by atoms with E-state index in [1.165, 1.54) is 34.6 Å². The zero-order valence-electron chi connectivity index (χ0n) is 25.0. The summed E-state index contributed by atoms with van der Waals surface area (Å²) >= 11 is 1.49. The first-order chi connectivity index (χ1) is 20.7. The summed E-state index contributed by atoms with van der Waals surface area (Å²) in [6.07, 6.45) is 0.688. The average molecular weight is 592 g/mol. The molecule has 0 bridgehead atoms. The van der Waals surface area contributed by atoms with Crippen LogP contribution in [-0.2, 0) is 31.5 Å². The molecule has 6 heteroatoms. The van der Waals surface area contributed by atoms with Gasteiger partial charge in [0.25, 0.3) is 5.91 Å². The molecule has 0 aliphatic carbocycles. The Morgan fingerprint density at radius 1 is 0.791 bits per heavy atom. The van der Waals surface area contributed by atoms with Gasteiger partial charge in [0.2, 0.25) is 0 Å². The van der Waals surface area contributed by atoms with Crippen LogP contribution in [0.2, 0.25) is 0 Å². The van der Waals surface area contributed by atoms with Gasteiger partial charge in [0.1, 0.15) is 16.5 Å². The number of carbonyl (C=O) groups is 1. The zero-order chi connectivity index (χ0) is 30.2. The smallest absolute Gasteiger partial charge is 0.271 e. The molecule has 1 amide bonds. The number of amides is 1. The summed E-state index contributed by atoms with van der Waals surface area (Å²) < 4.78 is 13.6. The average Bonchev–Trinajstić information content (AvgIpc) is 3.47. The molecule has 1 atom stereocenters. The lowest BCUT2D eigenvalue weighted by Crippen LogP contribution is -2.30. The fourth-order valence-electron chi connectivity index (χ4n) is 5.08. The highest BCUT2D eigenvalue weighted by atomic mass is 32.1. The maximum Gasteiger partial charge on any atom is 0.271 e. The standard InChI is InChI=1S/C37H38FN3OS/c1-37(2,3)31-18-14-28(15-19-31)23-41(24-29-16-20-32(38)21-17-29)25-35-39-34(26-43-35)36(42)40-33(30-12-8-5-9-13-30)22-27-10-6-4-7-11-27/h4-21,26,33H,22-25H2,1-3H3,(H,40,42). The molecule has 1 aromatic heterocycles. The van der Waals surface area contributed by atoms with Crippen molar-refractivity contribution < 1.29 is 9.18 Å². The molecule has 0 fully saturated rings. The SMILES string of the molecule is CC(C)(C)c1ccc(CN(Cc2ccc(F)cc2)Cc2nc(C(=O)NC(Cc3ccccc3)c3ccccc3)cs2)cc1. The lowest BCUT2D eigenvalue weighted by molar-refractivity contribution is 0.0931. The Morgan fingerprint density at radius 3 is 1.98 bits per heavy atom. The third-order valence-corrected chi connectivity index (χ3v) is 8.31. The van der Waals surface area contributed by atoms with Crippen molar-refractivity contribution in [2.45, 2.75) is 58.3 Å². The van der Waals surface area contributed by atoms with Gasteiger partial charge < -0.3 is 5.32 Å². The van der Waals surface area contributed by atoms with Gasteiger partial charge in [0.05, 0.1) is 12.6 Å². The lowest BCUT2D eigenvalue weighted by Gasteiger charge is -2.23. The molecule has 5 aromatic rings. The van der Waals surface area contributed by atoms with Gasteiger partial charge in [-0.05, 0) is 51.8 Å². The van der Waals surface area contributed by atoms with Gasteiger partial charge >= 0.3 is 0 Å². The monoisotopic (exact) mass is 591 g/mol. The zero-order valence-corrected chi connectivity index (χ0v) is 25.8. The van der Waals surface area contributed by atoms with Crippen molar-refractivity contribution in [2.24, 2.45) is 0 Å². The number of rotatable bonds is 11. The molecule has 0 saturated heterocycles. The number of nitrogens with zero attached hydrogens (tertiary/aromatic N) is 2. The molecule has 1 heterocycles. The molecule has 1 unspecified atom stereocenters. The molecule has 0 aliphatic rings. The Morgan fingerprint density at radius 2 is 1.37 bits per heavy atom. The van der Waals surface area contributed by atoms with Crippen molar-refractivity contribution >= 4 is 17.2 Å². The van der Waals surface area contributed by atoms with Gasteiger partial charge in [-0.1, -0.05) is 118 Å². The second kappa shape index (κ2) is 13.9. The predicted molar refractivity (Wildman–Crippen MR) is 173 cm³/mol. The normalized spacial score (nSPS) is 12.3. The number of halogens is 1. The van der Waals surface area contributed by atoms with Gasteiger partial charge in [-0.3, -0.25) is 9.69 Å². The van der Waals surface area contributed by atoms with Crippen LogP contribution in [0.5, 0.6) is 0 Å². The molecule has 4 nitrogen and oxygen atoms in total. The minimum atomic E-state index is -0.246. The highest BCUT2D eigenvalue weighted by molar-refractivity contribution is 7.09. The fraction of sp³-hybridized carbons (Fsp3) is 0.243. The van der Waals surface area contributed by atoms with Crippen LogP contribution in [0.3, 0.4) is 0 Å². The van der Waals surface area contributed by atoms with Gasteiger partial charge in [0.15, 0.2) is 0 Å². The van der Waals surface area contributed by atoms with Gasteiger partial charge in [0, 0.05) is 18.5 Å². The third-order valence-electron chi connectivity index (χ3n) is 7.48. The molecule has 0 aliphatic heterocycles.